The molecular weight excluding hydrogens is 306 g/mol. The molecule has 0 fully saturated rings. The molecule has 0 saturated carbocycles. The van der Waals surface area contributed by atoms with E-state index in [4.69, 9.17) is 4.74 Å². The van der Waals surface area contributed by atoms with E-state index >= 15 is 0 Å². The molecule has 0 bridgehead atoms. The maximum atomic E-state index is 11.8. The zero-order valence-electron chi connectivity index (χ0n) is 14.1. The van der Waals surface area contributed by atoms with Crippen LogP contribution in [0.3, 0.4) is 0 Å². The lowest BCUT2D eigenvalue weighted by atomic mass is 10.1. The zero-order chi connectivity index (χ0) is 17.3. The number of carbonyl (C=O) groups is 1. The van der Waals surface area contributed by atoms with Gasteiger partial charge >= 0.3 is 6.09 Å². The average Bonchev–Trinajstić information content (AvgIpc) is 2.91. The molecule has 124 valence electrons. The number of aryl methyl sites for hydroxylation is 1. The Labute approximate surface area is 139 Å². The number of fused-ring (bicyclic) bond motifs is 1. The molecule has 0 radical (unpaired) electrons. The van der Waals surface area contributed by atoms with Crippen LogP contribution in [0.1, 0.15) is 20.8 Å². The van der Waals surface area contributed by atoms with Crippen molar-refractivity contribution in [2.45, 2.75) is 26.4 Å². The Morgan fingerprint density at radius 3 is 2.62 bits per heavy atom. The van der Waals surface area contributed by atoms with Crippen LogP contribution in [0.15, 0.2) is 36.7 Å². The topological polar surface area (TPSA) is 81.9 Å². The number of anilines is 1. The summed E-state index contributed by atoms with van der Waals surface area (Å²) in [4.78, 5) is 11.8. The summed E-state index contributed by atoms with van der Waals surface area (Å²) in [6, 6.07) is 7.62. The van der Waals surface area contributed by atoms with Gasteiger partial charge in [0, 0.05) is 24.2 Å². The molecule has 3 aromatic rings. The van der Waals surface area contributed by atoms with Crippen LogP contribution in [0, 0.1) is 0 Å². The smallest absolute Gasteiger partial charge is 0.413 e. The van der Waals surface area contributed by atoms with E-state index in [1.54, 1.807) is 37.7 Å². The van der Waals surface area contributed by atoms with Crippen LogP contribution in [0.2, 0.25) is 0 Å². The van der Waals surface area contributed by atoms with Gasteiger partial charge in [0.1, 0.15) is 5.60 Å². The third-order valence-electron chi connectivity index (χ3n) is 3.25. The van der Waals surface area contributed by atoms with E-state index in [2.05, 4.69) is 20.6 Å². The van der Waals surface area contributed by atoms with Crippen LogP contribution in [0.5, 0.6) is 0 Å². The lowest BCUT2D eigenvalue weighted by Gasteiger charge is -2.19. The molecule has 3 rings (SSSR count). The summed E-state index contributed by atoms with van der Waals surface area (Å²) in [6.07, 6.45) is 3.19. The molecule has 2 aromatic heterocycles. The molecule has 7 nitrogen and oxygen atoms in total. The van der Waals surface area contributed by atoms with Crippen molar-refractivity contribution in [3.05, 3.63) is 36.7 Å². The van der Waals surface area contributed by atoms with Crippen molar-refractivity contribution in [1.29, 1.82) is 0 Å². The first kappa shape index (κ1) is 15.9. The molecule has 0 aliphatic carbocycles. The molecule has 0 unspecified atom stereocenters. The van der Waals surface area contributed by atoms with Gasteiger partial charge in [-0.1, -0.05) is 6.07 Å². The van der Waals surface area contributed by atoms with Gasteiger partial charge in [-0.3, -0.25) is 10.00 Å². The van der Waals surface area contributed by atoms with E-state index in [0.717, 1.165) is 22.0 Å². The highest BCUT2D eigenvalue weighted by Gasteiger charge is 2.16. The number of benzene rings is 1. The van der Waals surface area contributed by atoms with Crippen molar-refractivity contribution in [3.8, 4) is 11.1 Å². The molecule has 0 aliphatic rings. The average molecular weight is 325 g/mol. The van der Waals surface area contributed by atoms with E-state index in [1.165, 1.54) is 0 Å². The van der Waals surface area contributed by atoms with E-state index < -0.39 is 11.7 Å². The third kappa shape index (κ3) is 3.68. The zero-order valence-corrected chi connectivity index (χ0v) is 14.1. The van der Waals surface area contributed by atoms with Crippen LogP contribution >= 0.6 is 0 Å². The molecule has 7 heteroatoms. The number of carbonyl (C=O) groups excluding carboxylic acids is 1. The summed E-state index contributed by atoms with van der Waals surface area (Å²) in [5.41, 5.74) is 2.21. The van der Waals surface area contributed by atoms with Crippen molar-refractivity contribution < 1.29 is 9.53 Å². The van der Waals surface area contributed by atoms with E-state index in [0.29, 0.717) is 5.82 Å². The first-order valence-electron chi connectivity index (χ1n) is 7.57. The minimum absolute atomic E-state index is 0.347. The van der Waals surface area contributed by atoms with Crippen molar-refractivity contribution in [1.82, 2.24) is 20.0 Å². The van der Waals surface area contributed by atoms with Gasteiger partial charge in [0.15, 0.2) is 5.82 Å². The Hall–Kier alpha value is -2.96. The molecule has 2 heterocycles. The number of nitrogens with zero attached hydrogens (tertiary/aromatic N) is 4. The quantitative estimate of drug-likeness (QED) is 0.781. The van der Waals surface area contributed by atoms with Crippen LogP contribution < -0.4 is 5.32 Å². The lowest BCUT2D eigenvalue weighted by Crippen LogP contribution is -2.27. The monoisotopic (exact) mass is 325 g/mol. The summed E-state index contributed by atoms with van der Waals surface area (Å²) >= 11 is 0. The van der Waals surface area contributed by atoms with Crippen LogP contribution in [0.25, 0.3) is 22.0 Å². The predicted octanol–water partition coefficient (Wildman–Crippen LogP) is 3.38. The molecule has 0 spiro atoms. The van der Waals surface area contributed by atoms with Gasteiger partial charge in [-0.05, 0) is 44.5 Å². The highest BCUT2D eigenvalue weighted by Crippen LogP contribution is 2.24. The minimum atomic E-state index is -0.568. The van der Waals surface area contributed by atoms with Gasteiger partial charge in [-0.2, -0.15) is 5.10 Å². The lowest BCUT2D eigenvalue weighted by molar-refractivity contribution is 0.0635. The van der Waals surface area contributed by atoms with Gasteiger partial charge in [-0.25, -0.2) is 4.79 Å². The molecular formula is C17H19N5O2. The fourth-order valence-electron chi connectivity index (χ4n) is 2.26. The highest BCUT2D eigenvalue weighted by atomic mass is 16.6. The molecule has 24 heavy (non-hydrogen) atoms. The fourth-order valence-corrected chi connectivity index (χ4v) is 2.26. The number of nitrogens with one attached hydrogen (secondary N) is 1. The Balaban J connectivity index is 1.88. The largest absolute Gasteiger partial charge is 0.444 e. The van der Waals surface area contributed by atoms with Crippen LogP contribution in [0.4, 0.5) is 10.6 Å². The number of hydrogen-bond donors (Lipinski definition) is 1. The first-order valence-corrected chi connectivity index (χ1v) is 7.57. The second kappa shape index (κ2) is 5.92. The molecule has 1 N–H and O–H groups in total. The number of ether oxygens (including phenoxy) is 1. The highest BCUT2D eigenvalue weighted by molar-refractivity contribution is 5.89. The molecule has 0 aliphatic heterocycles. The predicted molar refractivity (Wildman–Crippen MR) is 91.6 cm³/mol. The summed E-state index contributed by atoms with van der Waals surface area (Å²) in [6.45, 7) is 5.41. The van der Waals surface area contributed by atoms with Gasteiger partial charge in [-0.15, -0.1) is 10.2 Å². The fraction of sp³-hybridized carbons (Fsp3) is 0.294. The van der Waals surface area contributed by atoms with E-state index in [9.17, 15) is 4.79 Å². The molecule has 1 aromatic carbocycles. The number of hydrogen-bond acceptors (Lipinski definition) is 5. The molecule has 1 amide bonds. The maximum absolute atomic E-state index is 11.8. The Bertz CT molecular complexity index is 895. The van der Waals surface area contributed by atoms with E-state index in [-0.39, 0.29) is 0 Å². The second-order valence-corrected chi connectivity index (χ2v) is 6.53. The van der Waals surface area contributed by atoms with Crippen LogP contribution in [-0.2, 0) is 11.8 Å². The van der Waals surface area contributed by atoms with Gasteiger partial charge in [0.05, 0.1) is 11.7 Å². The first-order chi connectivity index (χ1) is 11.3. The normalized spacial score (nSPS) is 11.5. The Morgan fingerprint density at radius 2 is 1.96 bits per heavy atom. The number of amides is 1. The van der Waals surface area contributed by atoms with Crippen molar-refractivity contribution in [3.63, 3.8) is 0 Å². The van der Waals surface area contributed by atoms with Crippen LogP contribution in [-0.4, -0.2) is 31.7 Å². The summed E-state index contributed by atoms with van der Waals surface area (Å²) in [5, 5.41) is 15.8. The maximum Gasteiger partial charge on any atom is 0.413 e. The number of aromatic nitrogens is 4. The van der Waals surface area contributed by atoms with Crippen molar-refractivity contribution >= 4 is 22.8 Å². The molecule has 0 saturated heterocycles. The van der Waals surface area contributed by atoms with Crippen molar-refractivity contribution in [2.75, 3.05) is 5.32 Å². The number of rotatable bonds is 2. The Morgan fingerprint density at radius 1 is 1.17 bits per heavy atom. The third-order valence-corrected chi connectivity index (χ3v) is 3.25. The Kier molecular flexibility index (Phi) is 3.92. The van der Waals surface area contributed by atoms with E-state index in [1.807, 2.05) is 31.4 Å². The molecule has 0 atom stereocenters. The van der Waals surface area contributed by atoms with Gasteiger partial charge in [0.25, 0.3) is 0 Å². The second-order valence-electron chi connectivity index (χ2n) is 6.53. The minimum Gasteiger partial charge on any atom is -0.444 e. The van der Waals surface area contributed by atoms with Gasteiger partial charge in [0.2, 0.25) is 0 Å². The summed E-state index contributed by atoms with van der Waals surface area (Å²) in [5.74, 6) is 0.347. The standard InChI is InChI=1S/C17H19N5O2/c1-17(2,3)24-16(23)19-15-8-12-7-11(5-6-14(12)20-21-15)13-9-18-22(4)10-13/h5-10H,1-4H3,(H,19,21,23). The van der Waals surface area contributed by atoms with Gasteiger partial charge < -0.3 is 4.74 Å². The van der Waals surface area contributed by atoms with Crippen molar-refractivity contribution in [2.24, 2.45) is 7.05 Å². The summed E-state index contributed by atoms with van der Waals surface area (Å²) < 4.78 is 6.97. The summed E-state index contributed by atoms with van der Waals surface area (Å²) in [7, 11) is 1.87. The SMILES string of the molecule is Cn1cc(-c2ccc3nnc(NC(=O)OC(C)(C)C)cc3c2)cn1.